The second-order valence-electron chi connectivity index (χ2n) is 7.00. The molecule has 30 heavy (non-hydrogen) atoms. The van der Waals surface area contributed by atoms with Crippen LogP contribution in [-0.4, -0.2) is 20.9 Å². The van der Waals surface area contributed by atoms with Gasteiger partial charge < -0.3 is 9.73 Å². The fraction of sp³-hybridized carbons (Fsp3) is 0.227. The summed E-state index contributed by atoms with van der Waals surface area (Å²) in [7, 11) is 0. The molecule has 0 spiro atoms. The smallest absolute Gasteiger partial charge is 0.336 e. The van der Waals surface area contributed by atoms with Crippen molar-refractivity contribution in [3.8, 4) is 0 Å². The summed E-state index contributed by atoms with van der Waals surface area (Å²) in [5.74, 6) is -0.0885. The molecule has 0 saturated heterocycles. The Kier molecular flexibility index (Phi) is 5.65. The van der Waals surface area contributed by atoms with Crippen LogP contribution in [0.3, 0.4) is 0 Å². The Labute approximate surface area is 171 Å². The van der Waals surface area contributed by atoms with Crippen molar-refractivity contribution in [2.45, 2.75) is 32.2 Å². The summed E-state index contributed by atoms with van der Waals surface area (Å²) < 4.78 is 6.45. The predicted octanol–water partition coefficient (Wildman–Crippen LogP) is 3.10. The molecule has 0 aliphatic rings. The molecule has 0 atom stereocenters. The van der Waals surface area contributed by atoms with Gasteiger partial charge in [0.25, 0.3) is 5.56 Å². The number of aryl methyl sites for hydroxylation is 1. The number of hydrogen-bond acceptors (Lipinski definition) is 6. The Hall–Kier alpha value is -3.81. The van der Waals surface area contributed by atoms with E-state index in [1.54, 1.807) is 42.5 Å². The van der Waals surface area contributed by atoms with E-state index in [9.17, 15) is 14.4 Å². The zero-order chi connectivity index (χ0) is 20.9. The first-order valence-corrected chi connectivity index (χ1v) is 9.76. The van der Waals surface area contributed by atoms with Gasteiger partial charge in [-0.25, -0.2) is 9.48 Å². The van der Waals surface area contributed by atoms with E-state index in [0.29, 0.717) is 41.6 Å². The number of amides is 1. The van der Waals surface area contributed by atoms with Crippen LogP contribution in [0.5, 0.6) is 0 Å². The summed E-state index contributed by atoms with van der Waals surface area (Å²) in [6.45, 7) is 0.466. The van der Waals surface area contributed by atoms with Gasteiger partial charge in [-0.3, -0.25) is 9.59 Å². The van der Waals surface area contributed by atoms with Crippen LogP contribution in [0.25, 0.3) is 21.9 Å². The van der Waals surface area contributed by atoms with E-state index in [1.165, 1.54) is 10.7 Å². The molecular formula is C22H20N4O4. The quantitative estimate of drug-likeness (QED) is 0.375. The summed E-state index contributed by atoms with van der Waals surface area (Å²) >= 11 is 0. The molecule has 4 aromatic rings. The van der Waals surface area contributed by atoms with Crippen LogP contribution in [-0.2, 0) is 11.3 Å². The average Bonchev–Trinajstić information content (AvgIpc) is 2.75. The van der Waals surface area contributed by atoms with Crippen molar-refractivity contribution in [3.05, 3.63) is 75.4 Å². The molecule has 0 aliphatic heterocycles. The Morgan fingerprint density at radius 3 is 2.77 bits per heavy atom. The van der Waals surface area contributed by atoms with Crippen LogP contribution in [0.15, 0.2) is 68.6 Å². The van der Waals surface area contributed by atoms with Gasteiger partial charge in [0.15, 0.2) is 0 Å². The number of carbonyl (C=O) groups is 1. The second kappa shape index (κ2) is 8.69. The topological polar surface area (TPSA) is 107 Å². The summed E-state index contributed by atoms with van der Waals surface area (Å²) in [5.41, 5.74) is 1.17. The molecule has 0 saturated carbocycles. The number of anilines is 1. The lowest BCUT2D eigenvalue weighted by Gasteiger charge is -2.07. The van der Waals surface area contributed by atoms with Gasteiger partial charge in [0.1, 0.15) is 11.1 Å². The molecule has 0 fully saturated rings. The molecule has 8 nitrogen and oxygen atoms in total. The van der Waals surface area contributed by atoms with E-state index in [2.05, 4.69) is 15.6 Å². The molecule has 2 heterocycles. The summed E-state index contributed by atoms with van der Waals surface area (Å²) in [6.07, 6.45) is 2.59. The number of hydrogen-bond donors (Lipinski definition) is 1. The maximum atomic E-state index is 12.4. The third-order valence-corrected chi connectivity index (χ3v) is 4.81. The van der Waals surface area contributed by atoms with E-state index in [4.69, 9.17) is 4.42 Å². The number of rotatable bonds is 7. The van der Waals surface area contributed by atoms with E-state index < -0.39 is 5.63 Å². The maximum absolute atomic E-state index is 12.4. The van der Waals surface area contributed by atoms with Crippen molar-refractivity contribution in [3.63, 3.8) is 0 Å². The molecule has 8 heteroatoms. The Morgan fingerprint density at radius 1 is 1.00 bits per heavy atom. The highest BCUT2D eigenvalue weighted by Gasteiger charge is 2.06. The van der Waals surface area contributed by atoms with Crippen molar-refractivity contribution < 1.29 is 9.21 Å². The third-order valence-electron chi connectivity index (χ3n) is 4.81. The van der Waals surface area contributed by atoms with Gasteiger partial charge >= 0.3 is 5.63 Å². The lowest BCUT2D eigenvalue weighted by atomic mass is 10.1. The Balaban J connectivity index is 1.25. The summed E-state index contributed by atoms with van der Waals surface area (Å²) in [4.78, 5) is 35.8. The Morgan fingerprint density at radius 2 is 1.87 bits per heavy atom. The van der Waals surface area contributed by atoms with Gasteiger partial charge in [0, 0.05) is 30.1 Å². The standard InChI is InChI=1S/C22H20N4O4/c27-20(23-16-10-11-19-15(14-16)9-12-21(28)30-19)8-2-1-5-13-26-22(29)17-6-3-4-7-18(17)24-25-26/h3-4,6-7,9-12,14H,1-2,5,8,13H2,(H,23,27). The number of nitrogens with one attached hydrogen (secondary N) is 1. The molecule has 4 rings (SSSR count). The van der Waals surface area contributed by atoms with Gasteiger partial charge in [0.2, 0.25) is 5.91 Å². The molecule has 2 aromatic carbocycles. The molecular weight excluding hydrogens is 384 g/mol. The largest absolute Gasteiger partial charge is 0.423 e. The van der Waals surface area contributed by atoms with E-state index in [1.807, 2.05) is 6.07 Å². The second-order valence-corrected chi connectivity index (χ2v) is 7.00. The van der Waals surface area contributed by atoms with Gasteiger partial charge in [-0.05, 0) is 49.2 Å². The lowest BCUT2D eigenvalue weighted by molar-refractivity contribution is -0.116. The highest BCUT2D eigenvalue weighted by molar-refractivity contribution is 5.93. The highest BCUT2D eigenvalue weighted by Crippen LogP contribution is 2.18. The number of nitrogens with zero attached hydrogens (tertiary/aromatic N) is 3. The highest BCUT2D eigenvalue weighted by atomic mass is 16.4. The van der Waals surface area contributed by atoms with Gasteiger partial charge in [-0.2, -0.15) is 0 Å². The minimum absolute atomic E-state index is 0.0885. The predicted molar refractivity (Wildman–Crippen MR) is 113 cm³/mol. The van der Waals surface area contributed by atoms with E-state index in [-0.39, 0.29) is 11.5 Å². The molecule has 0 unspecified atom stereocenters. The van der Waals surface area contributed by atoms with Crippen LogP contribution in [0.2, 0.25) is 0 Å². The van der Waals surface area contributed by atoms with Crippen LogP contribution in [0.4, 0.5) is 5.69 Å². The first-order chi connectivity index (χ1) is 14.6. The summed E-state index contributed by atoms with van der Waals surface area (Å²) in [6, 6.07) is 15.3. The molecule has 1 N–H and O–H groups in total. The first-order valence-electron chi connectivity index (χ1n) is 9.76. The minimum Gasteiger partial charge on any atom is -0.423 e. The van der Waals surface area contributed by atoms with E-state index >= 15 is 0 Å². The van der Waals surface area contributed by atoms with Crippen molar-refractivity contribution in [1.29, 1.82) is 0 Å². The fourth-order valence-electron chi connectivity index (χ4n) is 3.27. The third kappa shape index (κ3) is 4.43. The van der Waals surface area contributed by atoms with E-state index in [0.717, 1.165) is 18.2 Å². The molecule has 0 aliphatic carbocycles. The molecule has 0 radical (unpaired) electrons. The van der Waals surface area contributed by atoms with Crippen molar-refractivity contribution in [1.82, 2.24) is 15.0 Å². The fourth-order valence-corrected chi connectivity index (χ4v) is 3.27. The number of fused-ring (bicyclic) bond motifs is 2. The van der Waals surface area contributed by atoms with Crippen LogP contribution >= 0.6 is 0 Å². The van der Waals surface area contributed by atoms with Crippen LogP contribution < -0.4 is 16.5 Å². The normalized spacial score (nSPS) is 11.1. The molecule has 0 bridgehead atoms. The molecule has 1 amide bonds. The zero-order valence-corrected chi connectivity index (χ0v) is 16.2. The lowest BCUT2D eigenvalue weighted by Crippen LogP contribution is -2.24. The Bertz CT molecular complexity index is 1330. The average molecular weight is 404 g/mol. The number of carbonyl (C=O) groups excluding carboxylic acids is 1. The van der Waals surface area contributed by atoms with Crippen molar-refractivity contribution >= 4 is 33.5 Å². The van der Waals surface area contributed by atoms with Crippen molar-refractivity contribution in [2.24, 2.45) is 0 Å². The van der Waals surface area contributed by atoms with Gasteiger partial charge in [0.05, 0.1) is 5.39 Å². The van der Waals surface area contributed by atoms with Crippen LogP contribution in [0, 0.1) is 0 Å². The van der Waals surface area contributed by atoms with Crippen molar-refractivity contribution in [2.75, 3.05) is 5.32 Å². The SMILES string of the molecule is O=C(CCCCCn1nnc2ccccc2c1=O)Nc1ccc2oc(=O)ccc2c1. The maximum Gasteiger partial charge on any atom is 0.336 e. The monoisotopic (exact) mass is 404 g/mol. The number of benzene rings is 2. The minimum atomic E-state index is -0.406. The number of aromatic nitrogens is 3. The number of unbranched alkanes of at least 4 members (excludes halogenated alkanes) is 2. The molecule has 2 aromatic heterocycles. The molecule has 152 valence electrons. The summed E-state index contributed by atoms with van der Waals surface area (Å²) in [5, 5.41) is 12.2. The first kappa shape index (κ1) is 19.5. The van der Waals surface area contributed by atoms with Gasteiger partial charge in [-0.15, -0.1) is 5.10 Å². The zero-order valence-electron chi connectivity index (χ0n) is 16.2. The van der Waals surface area contributed by atoms with Gasteiger partial charge in [-0.1, -0.05) is 23.8 Å². The van der Waals surface area contributed by atoms with Crippen LogP contribution in [0.1, 0.15) is 25.7 Å².